The standard InChI is InChI=1S/C16H25FN2O2.ClH/c1-3-9-19(16(20)13-18-8-11-21-2)10-7-14-5-4-6-15(17)12-14;/h4-6,12,18H,3,7-11,13H2,1-2H3;1H. The van der Waals surface area contributed by atoms with Gasteiger partial charge >= 0.3 is 0 Å². The number of nitrogens with one attached hydrogen (secondary N) is 1. The first-order chi connectivity index (χ1) is 10.2. The molecule has 0 spiro atoms. The predicted octanol–water partition coefficient (Wildman–Crippen LogP) is 2.26. The Balaban J connectivity index is 0.00000441. The molecular formula is C16H26ClFN2O2. The molecule has 1 aromatic carbocycles. The van der Waals surface area contributed by atoms with Gasteiger partial charge in [0.1, 0.15) is 5.82 Å². The van der Waals surface area contributed by atoms with E-state index < -0.39 is 0 Å². The Labute approximate surface area is 138 Å². The first kappa shape index (κ1) is 20.8. The van der Waals surface area contributed by atoms with Crippen molar-refractivity contribution in [3.8, 4) is 0 Å². The lowest BCUT2D eigenvalue weighted by molar-refractivity contribution is -0.130. The van der Waals surface area contributed by atoms with Crippen molar-refractivity contribution in [1.29, 1.82) is 0 Å². The van der Waals surface area contributed by atoms with Gasteiger partial charge in [-0.15, -0.1) is 12.4 Å². The Bertz CT molecular complexity index is 432. The van der Waals surface area contributed by atoms with Crippen LogP contribution in [0.4, 0.5) is 4.39 Å². The molecule has 1 rings (SSSR count). The zero-order valence-corrected chi connectivity index (χ0v) is 14.1. The molecular weight excluding hydrogens is 307 g/mol. The van der Waals surface area contributed by atoms with E-state index >= 15 is 0 Å². The quantitative estimate of drug-likeness (QED) is 0.668. The zero-order valence-electron chi connectivity index (χ0n) is 13.3. The first-order valence-electron chi connectivity index (χ1n) is 7.39. The van der Waals surface area contributed by atoms with Gasteiger partial charge in [0.05, 0.1) is 13.2 Å². The summed E-state index contributed by atoms with van der Waals surface area (Å²) in [5.41, 5.74) is 0.913. The first-order valence-corrected chi connectivity index (χ1v) is 7.39. The molecule has 0 saturated carbocycles. The van der Waals surface area contributed by atoms with Crippen LogP contribution in [0.25, 0.3) is 0 Å². The highest BCUT2D eigenvalue weighted by Crippen LogP contribution is 2.06. The minimum Gasteiger partial charge on any atom is -0.383 e. The van der Waals surface area contributed by atoms with E-state index in [0.717, 1.165) is 18.5 Å². The molecule has 1 N–H and O–H groups in total. The third kappa shape index (κ3) is 8.32. The Kier molecular flexibility index (Phi) is 11.7. The monoisotopic (exact) mass is 332 g/mol. The van der Waals surface area contributed by atoms with Crippen molar-refractivity contribution in [1.82, 2.24) is 10.2 Å². The van der Waals surface area contributed by atoms with Gasteiger partial charge in [-0.1, -0.05) is 19.1 Å². The highest BCUT2D eigenvalue weighted by Gasteiger charge is 2.12. The molecule has 6 heteroatoms. The van der Waals surface area contributed by atoms with Crippen molar-refractivity contribution < 1.29 is 13.9 Å². The van der Waals surface area contributed by atoms with Crippen LogP contribution in [-0.4, -0.2) is 50.7 Å². The lowest BCUT2D eigenvalue weighted by Crippen LogP contribution is -2.40. The molecule has 0 aliphatic carbocycles. The fourth-order valence-corrected chi connectivity index (χ4v) is 2.07. The van der Waals surface area contributed by atoms with Crippen LogP contribution in [0.3, 0.4) is 0 Å². The lowest BCUT2D eigenvalue weighted by atomic mass is 10.1. The number of hydrogen-bond acceptors (Lipinski definition) is 3. The second-order valence-electron chi connectivity index (χ2n) is 4.93. The maximum absolute atomic E-state index is 13.1. The third-order valence-electron chi connectivity index (χ3n) is 3.16. The van der Waals surface area contributed by atoms with Gasteiger partial charge in [0.25, 0.3) is 0 Å². The van der Waals surface area contributed by atoms with Gasteiger partial charge in [-0.25, -0.2) is 4.39 Å². The Morgan fingerprint density at radius 2 is 2.14 bits per heavy atom. The average molecular weight is 333 g/mol. The van der Waals surface area contributed by atoms with Crippen LogP contribution in [0.2, 0.25) is 0 Å². The van der Waals surface area contributed by atoms with Gasteiger partial charge in [0, 0.05) is 26.7 Å². The number of benzene rings is 1. The van der Waals surface area contributed by atoms with Crippen molar-refractivity contribution in [2.45, 2.75) is 19.8 Å². The van der Waals surface area contributed by atoms with Crippen LogP contribution >= 0.6 is 12.4 Å². The van der Waals surface area contributed by atoms with E-state index in [1.54, 1.807) is 13.2 Å². The molecule has 0 unspecified atom stereocenters. The second-order valence-corrected chi connectivity index (χ2v) is 4.93. The molecule has 0 atom stereocenters. The molecule has 0 aliphatic heterocycles. The Hall–Kier alpha value is -1.17. The van der Waals surface area contributed by atoms with Crippen molar-refractivity contribution in [2.24, 2.45) is 0 Å². The number of rotatable bonds is 10. The van der Waals surface area contributed by atoms with E-state index in [1.165, 1.54) is 12.1 Å². The minimum atomic E-state index is -0.234. The molecule has 0 aliphatic rings. The second kappa shape index (κ2) is 12.4. The summed E-state index contributed by atoms with van der Waals surface area (Å²) in [6, 6.07) is 6.53. The molecule has 0 radical (unpaired) electrons. The smallest absolute Gasteiger partial charge is 0.236 e. The van der Waals surface area contributed by atoms with E-state index in [4.69, 9.17) is 4.74 Å². The summed E-state index contributed by atoms with van der Waals surface area (Å²) >= 11 is 0. The maximum atomic E-state index is 13.1. The number of amides is 1. The summed E-state index contributed by atoms with van der Waals surface area (Å²) in [4.78, 5) is 14.0. The van der Waals surface area contributed by atoms with E-state index in [0.29, 0.717) is 32.7 Å². The largest absolute Gasteiger partial charge is 0.383 e. The summed E-state index contributed by atoms with van der Waals surface area (Å²) in [6.45, 7) is 4.94. The zero-order chi connectivity index (χ0) is 15.5. The van der Waals surface area contributed by atoms with Crippen molar-refractivity contribution in [2.75, 3.05) is 39.9 Å². The Morgan fingerprint density at radius 3 is 2.77 bits per heavy atom. The molecule has 22 heavy (non-hydrogen) atoms. The van der Waals surface area contributed by atoms with Gasteiger partial charge in [0.15, 0.2) is 0 Å². The molecule has 1 amide bonds. The van der Waals surface area contributed by atoms with Gasteiger partial charge in [-0.2, -0.15) is 0 Å². The molecule has 0 heterocycles. The van der Waals surface area contributed by atoms with Crippen molar-refractivity contribution in [3.05, 3.63) is 35.6 Å². The lowest BCUT2D eigenvalue weighted by Gasteiger charge is -2.22. The summed E-state index contributed by atoms with van der Waals surface area (Å²) < 4.78 is 18.1. The number of nitrogens with zero attached hydrogens (tertiary/aromatic N) is 1. The highest BCUT2D eigenvalue weighted by atomic mass is 35.5. The molecule has 0 saturated heterocycles. The minimum absolute atomic E-state index is 0. The number of methoxy groups -OCH3 is 1. The van der Waals surface area contributed by atoms with Crippen LogP contribution in [0.5, 0.6) is 0 Å². The molecule has 0 fully saturated rings. The van der Waals surface area contributed by atoms with Crippen LogP contribution in [0.1, 0.15) is 18.9 Å². The third-order valence-corrected chi connectivity index (χ3v) is 3.16. The highest BCUT2D eigenvalue weighted by molar-refractivity contribution is 5.85. The normalized spacial score (nSPS) is 10.1. The summed E-state index contributed by atoms with van der Waals surface area (Å²) in [6.07, 6.45) is 1.58. The van der Waals surface area contributed by atoms with E-state index in [-0.39, 0.29) is 24.1 Å². The number of ether oxygens (including phenoxy) is 1. The predicted molar refractivity (Wildman–Crippen MR) is 89.0 cm³/mol. The summed E-state index contributed by atoms with van der Waals surface area (Å²) in [5.74, 6) is -0.161. The van der Waals surface area contributed by atoms with Gasteiger partial charge in [0.2, 0.25) is 5.91 Å². The topological polar surface area (TPSA) is 41.6 Å². The number of hydrogen-bond donors (Lipinski definition) is 1. The summed E-state index contributed by atoms with van der Waals surface area (Å²) in [7, 11) is 1.63. The van der Waals surface area contributed by atoms with Crippen molar-refractivity contribution >= 4 is 18.3 Å². The van der Waals surface area contributed by atoms with Gasteiger partial charge < -0.3 is 15.0 Å². The van der Waals surface area contributed by atoms with E-state index in [2.05, 4.69) is 5.32 Å². The molecule has 1 aromatic rings. The van der Waals surface area contributed by atoms with Gasteiger partial charge in [-0.3, -0.25) is 4.79 Å². The number of halogens is 2. The number of carbonyl (C=O) groups excluding carboxylic acids is 1. The summed E-state index contributed by atoms with van der Waals surface area (Å²) in [5, 5.41) is 3.06. The molecule has 0 aromatic heterocycles. The van der Waals surface area contributed by atoms with Crippen LogP contribution in [-0.2, 0) is 16.0 Å². The maximum Gasteiger partial charge on any atom is 0.236 e. The van der Waals surface area contributed by atoms with Crippen molar-refractivity contribution in [3.63, 3.8) is 0 Å². The van der Waals surface area contributed by atoms with Gasteiger partial charge in [-0.05, 0) is 30.5 Å². The fourth-order valence-electron chi connectivity index (χ4n) is 2.07. The Morgan fingerprint density at radius 1 is 1.36 bits per heavy atom. The van der Waals surface area contributed by atoms with Crippen LogP contribution < -0.4 is 5.32 Å². The molecule has 0 bridgehead atoms. The SMILES string of the molecule is CCCN(CCc1cccc(F)c1)C(=O)CNCCOC.Cl. The van der Waals surface area contributed by atoms with Crippen LogP contribution in [0, 0.1) is 5.82 Å². The fraction of sp³-hybridized carbons (Fsp3) is 0.562. The average Bonchev–Trinajstić information content (AvgIpc) is 2.48. The van der Waals surface area contributed by atoms with E-state index in [9.17, 15) is 9.18 Å². The number of carbonyl (C=O) groups is 1. The molecule has 4 nitrogen and oxygen atoms in total. The molecule has 126 valence electrons. The van der Waals surface area contributed by atoms with E-state index in [1.807, 2.05) is 17.9 Å². The van der Waals surface area contributed by atoms with Crippen LogP contribution in [0.15, 0.2) is 24.3 Å².